The monoisotopic (exact) mass is 378 g/mol. The zero-order chi connectivity index (χ0) is 19.6. The lowest BCUT2D eigenvalue weighted by atomic mass is 9.68. The van der Waals surface area contributed by atoms with Gasteiger partial charge in [-0.2, -0.15) is 0 Å². The summed E-state index contributed by atoms with van der Waals surface area (Å²) in [5.41, 5.74) is 4.50. The van der Waals surface area contributed by atoms with Gasteiger partial charge in [-0.1, -0.05) is 24.3 Å². The number of rotatable bonds is 4. The fraction of sp³-hybridized carbons (Fsp3) is 0.478. The van der Waals surface area contributed by atoms with Crippen molar-refractivity contribution in [2.45, 2.75) is 31.3 Å². The first-order chi connectivity index (χ1) is 13.6. The van der Waals surface area contributed by atoms with Crippen LogP contribution in [0.1, 0.15) is 29.5 Å². The molecule has 5 nitrogen and oxygen atoms in total. The topological polar surface area (TPSA) is 39.7 Å². The van der Waals surface area contributed by atoms with Crippen molar-refractivity contribution in [1.82, 2.24) is 19.7 Å². The zero-order valence-corrected chi connectivity index (χ0v) is 17.0. The number of carbonyl (C=O) groups is 1. The standard InChI is InChI=1S/C23H30N4O/c1-25(2)22(28)17-26-13-9-23(10-14-26)18-27(15-19-7-11-24-12-8-19)16-20-5-3-4-6-21(20)23/h3-8,11-12H,9-10,13-18H2,1-2H3. The molecule has 0 bridgehead atoms. The molecule has 1 amide bonds. The number of hydrogen-bond acceptors (Lipinski definition) is 4. The van der Waals surface area contributed by atoms with Crippen LogP contribution in [-0.4, -0.2) is 65.9 Å². The maximum atomic E-state index is 12.1. The van der Waals surface area contributed by atoms with E-state index in [1.165, 1.54) is 16.7 Å². The Kier molecular flexibility index (Phi) is 5.47. The molecular formula is C23H30N4O. The average Bonchev–Trinajstić information content (AvgIpc) is 2.70. The largest absolute Gasteiger partial charge is 0.348 e. The summed E-state index contributed by atoms with van der Waals surface area (Å²) >= 11 is 0. The molecule has 0 N–H and O–H groups in total. The minimum atomic E-state index is 0.194. The molecule has 4 rings (SSSR count). The number of likely N-dealkylation sites (N-methyl/N-ethyl adjacent to an activating group) is 1. The van der Waals surface area contributed by atoms with Crippen LogP contribution < -0.4 is 0 Å². The molecule has 0 unspecified atom stereocenters. The highest BCUT2D eigenvalue weighted by atomic mass is 16.2. The molecule has 5 heteroatoms. The van der Waals surface area contributed by atoms with Crippen LogP contribution >= 0.6 is 0 Å². The van der Waals surface area contributed by atoms with Crippen LogP contribution in [0.4, 0.5) is 0 Å². The third-order valence-electron chi connectivity index (χ3n) is 6.34. The summed E-state index contributed by atoms with van der Waals surface area (Å²) in [4.78, 5) is 22.8. The maximum Gasteiger partial charge on any atom is 0.236 e. The lowest BCUT2D eigenvalue weighted by molar-refractivity contribution is -0.130. The first kappa shape index (κ1) is 19.1. The second kappa shape index (κ2) is 8.02. The van der Waals surface area contributed by atoms with Gasteiger partial charge in [0.1, 0.15) is 0 Å². The van der Waals surface area contributed by atoms with E-state index in [1.54, 1.807) is 4.90 Å². The van der Waals surface area contributed by atoms with E-state index in [1.807, 2.05) is 26.5 Å². The van der Waals surface area contributed by atoms with E-state index < -0.39 is 0 Å². The van der Waals surface area contributed by atoms with Gasteiger partial charge in [-0.05, 0) is 54.8 Å². The Morgan fingerprint density at radius 1 is 1.07 bits per heavy atom. The Morgan fingerprint density at radius 2 is 1.79 bits per heavy atom. The molecule has 3 heterocycles. The fourth-order valence-electron chi connectivity index (χ4n) is 4.74. The minimum Gasteiger partial charge on any atom is -0.348 e. The van der Waals surface area contributed by atoms with Crippen LogP contribution in [0.3, 0.4) is 0 Å². The van der Waals surface area contributed by atoms with Crippen molar-refractivity contribution in [2.24, 2.45) is 0 Å². The van der Waals surface area contributed by atoms with Crippen molar-refractivity contribution in [3.63, 3.8) is 0 Å². The maximum absolute atomic E-state index is 12.1. The number of fused-ring (bicyclic) bond motifs is 2. The summed E-state index contributed by atoms with van der Waals surface area (Å²) in [6, 6.07) is 13.2. The van der Waals surface area contributed by atoms with Crippen molar-refractivity contribution in [3.8, 4) is 0 Å². The summed E-state index contributed by atoms with van der Waals surface area (Å²) in [7, 11) is 3.67. The molecule has 0 aliphatic carbocycles. The second-order valence-electron chi connectivity index (χ2n) is 8.50. The van der Waals surface area contributed by atoms with Gasteiger partial charge in [-0.15, -0.1) is 0 Å². The van der Waals surface area contributed by atoms with E-state index in [0.717, 1.165) is 45.6 Å². The van der Waals surface area contributed by atoms with Crippen molar-refractivity contribution in [2.75, 3.05) is 40.3 Å². The van der Waals surface area contributed by atoms with Crippen LogP contribution in [-0.2, 0) is 23.3 Å². The predicted octanol–water partition coefficient (Wildman–Crippen LogP) is 2.52. The molecular weight excluding hydrogens is 348 g/mol. The molecule has 2 aromatic rings. The summed E-state index contributed by atoms with van der Waals surface area (Å²) in [6.07, 6.45) is 5.97. The van der Waals surface area contributed by atoms with Gasteiger partial charge in [0.15, 0.2) is 0 Å². The van der Waals surface area contributed by atoms with Gasteiger partial charge in [0.25, 0.3) is 0 Å². The van der Waals surface area contributed by atoms with Crippen LogP contribution in [0.2, 0.25) is 0 Å². The molecule has 1 spiro atoms. The number of aromatic nitrogens is 1. The molecule has 0 radical (unpaired) electrons. The molecule has 2 aliphatic rings. The number of pyridine rings is 1. The number of piperidine rings is 1. The number of nitrogens with zero attached hydrogens (tertiary/aromatic N) is 4. The van der Waals surface area contributed by atoms with Crippen molar-refractivity contribution in [3.05, 3.63) is 65.5 Å². The van der Waals surface area contributed by atoms with Crippen molar-refractivity contribution in [1.29, 1.82) is 0 Å². The molecule has 28 heavy (non-hydrogen) atoms. The lowest BCUT2D eigenvalue weighted by Gasteiger charge is -2.48. The predicted molar refractivity (Wildman–Crippen MR) is 111 cm³/mol. The zero-order valence-electron chi connectivity index (χ0n) is 17.0. The van der Waals surface area contributed by atoms with Crippen LogP contribution in [0.5, 0.6) is 0 Å². The Morgan fingerprint density at radius 3 is 2.50 bits per heavy atom. The molecule has 0 saturated carbocycles. The molecule has 1 aromatic heterocycles. The van der Waals surface area contributed by atoms with Crippen LogP contribution in [0.15, 0.2) is 48.8 Å². The first-order valence-corrected chi connectivity index (χ1v) is 10.2. The lowest BCUT2D eigenvalue weighted by Crippen LogP contribution is -2.52. The molecule has 0 atom stereocenters. The summed E-state index contributed by atoms with van der Waals surface area (Å²) < 4.78 is 0. The highest BCUT2D eigenvalue weighted by Crippen LogP contribution is 2.42. The van der Waals surface area contributed by atoms with E-state index in [0.29, 0.717) is 6.54 Å². The van der Waals surface area contributed by atoms with E-state index >= 15 is 0 Å². The highest BCUT2D eigenvalue weighted by molar-refractivity contribution is 5.77. The third kappa shape index (κ3) is 3.96. The number of benzene rings is 1. The van der Waals surface area contributed by atoms with Gasteiger partial charge < -0.3 is 4.90 Å². The average molecular weight is 379 g/mol. The third-order valence-corrected chi connectivity index (χ3v) is 6.34. The first-order valence-electron chi connectivity index (χ1n) is 10.2. The van der Waals surface area contributed by atoms with Gasteiger partial charge in [-0.25, -0.2) is 0 Å². The molecule has 1 aromatic carbocycles. The number of carbonyl (C=O) groups excluding carboxylic acids is 1. The van der Waals surface area contributed by atoms with Gasteiger partial charge in [0.2, 0.25) is 5.91 Å². The van der Waals surface area contributed by atoms with Gasteiger partial charge in [0, 0.05) is 51.5 Å². The molecule has 1 saturated heterocycles. The Bertz CT molecular complexity index is 812. The number of hydrogen-bond donors (Lipinski definition) is 0. The fourth-order valence-corrected chi connectivity index (χ4v) is 4.74. The van der Waals surface area contributed by atoms with Crippen LogP contribution in [0.25, 0.3) is 0 Å². The van der Waals surface area contributed by atoms with Crippen LogP contribution in [0, 0.1) is 0 Å². The molecule has 148 valence electrons. The van der Waals surface area contributed by atoms with Crippen molar-refractivity contribution >= 4 is 5.91 Å². The Balaban J connectivity index is 1.51. The quantitative estimate of drug-likeness (QED) is 0.820. The normalized spacial score (nSPS) is 19.4. The van der Waals surface area contributed by atoms with Crippen molar-refractivity contribution < 1.29 is 4.79 Å². The molecule has 1 fully saturated rings. The van der Waals surface area contributed by atoms with Gasteiger partial charge in [0.05, 0.1) is 6.54 Å². The Labute approximate surface area is 168 Å². The van der Waals surface area contributed by atoms with E-state index in [4.69, 9.17) is 0 Å². The van der Waals surface area contributed by atoms with E-state index in [2.05, 4.69) is 51.2 Å². The highest BCUT2D eigenvalue weighted by Gasteiger charge is 2.41. The molecule has 2 aliphatic heterocycles. The second-order valence-corrected chi connectivity index (χ2v) is 8.50. The van der Waals surface area contributed by atoms with E-state index in [-0.39, 0.29) is 11.3 Å². The summed E-state index contributed by atoms with van der Waals surface area (Å²) in [6.45, 7) is 5.55. The van der Waals surface area contributed by atoms with Gasteiger partial charge in [-0.3, -0.25) is 19.6 Å². The minimum absolute atomic E-state index is 0.194. The smallest absolute Gasteiger partial charge is 0.236 e. The Hall–Kier alpha value is -2.24. The summed E-state index contributed by atoms with van der Waals surface area (Å²) in [5.74, 6) is 0.194. The summed E-state index contributed by atoms with van der Waals surface area (Å²) in [5, 5.41) is 0. The number of amides is 1. The van der Waals surface area contributed by atoms with Gasteiger partial charge >= 0.3 is 0 Å². The SMILES string of the molecule is CN(C)C(=O)CN1CCC2(CC1)CN(Cc1ccncc1)Cc1ccccc12. The van der Waals surface area contributed by atoms with E-state index in [9.17, 15) is 4.79 Å². The number of likely N-dealkylation sites (tertiary alicyclic amines) is 1.